The second kappa shape index (κ2) is 9.96. The number of Topliss-reactive ketones (excluding diaryl/α,β-unsaturated/α-hetero) is 3. The van der Waals surface area contributed by atoms with Crippen LogP contribution in [0.25, 0.3) is 5.70 Å². The van der Waals surface area contributed by atoms with E-state index in [4.69, 9.17) is 4.74 Å². The molecule has 0 fully saturated rings. The molecule has 2 aliphatic carbocycles. The molecule has 0 saturated heterocycles. The lowest BCUT2D eigenvalue weighted by molar-refractivity contribution is -0.134. The van der Waals surface area contributed by atoms with E-state index < -0.39 is 34.8 Å². The lowest BCUT2D eigenvalue weighted by Gasteiger charge is -2.28. The Morgan fingerprint density at radius 3 is 1.75 bits per heavy atom. The molecule has 6 rings (SSSR count). The van der Waals surface area contributed by atoms with Crippen molar-refractivity contribution in [3.05, 3.63) is 154 Å². The molecule has 2 aliphatic rings. The van der Waals surface area contributed by atoms with Crippen LogP contribution < -0.4 is 4.90 Å². The standard InChI is InChI=1S/C33H21NO6/c35-28-23-16-8-7-15-22(23)27(34(21-13-5-2-6-14-21)19-20-11-3-1-4-12-20)26(28)33(39)40-32-30(37)25-18-10-9-17-24(25)29(36)31(32)38/h1-18,38H,19H2. The summed E-state index contributed by atoms with van der Waals surface area (Å²) in [5.74, 6) is -5.18. The Morgan fingerprint density at radius 2 is 1.12 bits per heavy atom. The summed E-state index contributed by atoms with van der Waals surface area (Å²) in [6, 6.07) is 31.6. The highest BCUT2D eigenvalue weighted by molar-refractivity contribution is 6.35. The van der Waals surface area contributed by atoms with Crippen molar-refractivity contribution in [2.24, 2.45) is 0 Å². The van der Waals surface area contributed by atoms with Gasteiger partial charge in [0.05, 0.1) is 5.70 Å². The van der Waals surface area contributed by atoms with Gasteiger partial charge in [0.15, 0.2) is 0 Å². The number of ether oxygens (including phenoxy) is 1. The Labute approximate surface area is 229 Å². The summed E-state index contributed by atoms with van der Waals surface area (Å²) in [7, 11) is 0. The summed E-state index contributed by atoms with van der Waals surface area (Å²) >= 11 is 0. The molecule has 4 aromatic rings. The molecule has 7 heteroatoms. The van der Waals surface area contributed by atoms with Crippen molar-refractivity contribution in [2.75, 3.05) is 4.90 Å². The summed E-state index contributed by atoms with van der Waals surface area (Å²) in [6.45, 7) is 0.317. The van der Waals surface area contributed by atoms with E-state index >= 15 is 0 Å². The number of benzene rings is 4. The number of hydrogen-bond acceptors (Lipinski definition) is 7. The maximum Gasteiger partial charge on any atom is 0.350 e. The number of aliphatic hydroxyl groups excluding tert-OH is 1. The first kappa shape index (κ1) is 24.8. The van der Waals surface area contributed by atoms with Crippen LogP contribution in [0.3, 0.4) is 0 Å². The number of ketones is 3. The number of esters is 1. The molecule has 0 spiro atoms. The van der Waals surface area contributed by atoms with Crippen LogP contribution in [0, 0.1) is 0 Å². The first-order chi connectivity index (χ1) is 19.5. The Morgan fingerprint density at radius 1 is 0.625 bits per heavy atom. The molecule has 1 N–H and O–H groups in total. The zero-order chi connectivity index (χ0) is 27.8. The molecular weight excluding hydrogens is 506 g/mol. The number of anilines is 1. The molecule has 40 heavy (non-hydrogen) atoms. The fourth-order valence-electron chi connectivity index (χ4n) is 4.99. The summed E-state index contributed by atoms with van der Waals surface area (Å²) in [4.78, 5) is 55.2. The minimum absolute atomic E-state index is 0.00155. The van der Waals surface area contributed by atoms with Gasteiger partial charge in [0.1, 0.15) is 5.57 Å². The maximum atomic E-state index is 13.8. The molecular formula is C33H21NO6. The SMILES string of the molecule is O=C(OC1=C(O)C(=O)c2ccccc2C1=O)C1=C(N(Cc2ccccc2)c2ccccc2)c2ccccc2C1=O. The van der Waals surface area contributed by atoms with Crippen LogP contribution in [-0.2, 0) is 16.1 Å². The minimum Gasteiger partial charge on any atom is -0.501 e. The highest BCUT2D eigenvalue weighted by atomic mass is 16.5. The number of carbonyl (C=O) groups excluding carboxylic acids is 4. The van der Waals surface area contributed by atoms with Crippen LogP contribution in [0.15, 0.2) is 126 Å². The number of aliphatic hydroxyl groups is 1. The largest absolute Gasteiger partial charge is 0.501 e. The third kappa shape index (κ3) is 4.10. The van der Waals surface area contributed by atoms with Gasteiger partial charge in [-0.25, -0.2) is 4.79 Å². The van der Waals surface area contributed by atoms with Crippen LogP contribution in [-0.4, -0.2) is 28.4 Å². The molecule has 0 bridgehead atoms. The van der Waals surface area contributed by atoms with Gasteiger partial charge in [-0.05, 0) is 17.7 Å². The average molecular weight is 528 g/mol. The lowest BCUT2D eigenvalue weighted by atomic mass is 9.92. The van der Waals surface area contributed by atoms with Crippen LogP contribution in [0.2, 0.25) is 0 Å². The van der Waals surface area contributed by atoms with E-state index in [2.05, 4.69) is 0 Å². The van der Waals surface area contributed by atoms with Gasteiger partial charge >= 0.3 is 5.97 Å². The molecule has 0 aliphatic heterocycles. The summed E-state index contributed by atoms with van der Waals surface area (Å²) < 4.78 is 5.41. The Kier molecular flexibility index (Phi) is 6.16. The van der Waals surface area contributed by atoms with Gasteiger partial charge in [-0.2, -0.15) is 0 Å². The fraction of sp³-hybridized carbons (Fsp3) is 0.0303. The molecule has 0 aromatic heterocycles. The van der Waals surface area contributed by atoms with Crippen molar-refractivity contribution >= 4 is 34.7 Å². The second-order valence-corrected chi connectivity index (χ2v) is 9.28. The third-order valence-electron chi connectivity index (χ3n) is 6.86. The Hall–Kier alpha value is -5.56. The normalized spacial score (nSPS) is 14.2. The first-order valence-corrected chi connectivity index (χ1v) is 12.5. The number of nitrogens with zero attached hydrogens (tertiary/aromatic N) is 1. The maximum absolute atomic E-state index is 13.8. The van der Waals surface area contributed by atoms with E-state index in [9.17, 15) is 24.3 Å². The quantitative estimate of drug-likeness (QED) is 0.254. The van der Waals surface area contributed by atoms with Crippen molar-refractivity contribution in [3.8, 4) is 0 Å². The number of fused-ring (bicyclic) bond motifs is 2. The van der Waals surface area contributed by atoms with E-state index in [0.29, 0.717) is 23.4 Å². The predicted molar refractivity (Wildman–Crippen MR) is 148 cm³/mol. The van der Waals surface area contributed by atoms with Crippen molar-refractivity contribution < 1.29 is 29.0 Å². The molecule has 0 unspecified atom stereocenters. The van der Waals surface area contributed by atoms with E-state index in [1.165, 1.54) is 12.1 Å². The van der Waals surface area contributed by atoms with Crippen LogP contribution in [0.4, 0.5) is 5.69 Å². The van der Waals surface area contributed by atoms with Gasteiger partial charge in [-0.1, -0.05) is 97.1 Å². The van der Waals surface area contributed by atoms with Crippen LogP contribution in [0.1, 0.15) is 42.2 Å². The average Bonchev–Trinajstić information content (AvgIpc) is 3.30. The van der Waals surface area contributed by atoms with Crippen molar-refractivity contribution in [3.63, 3.8) is 0 Å². The van der Waals surface area contributed by atoms with Crippen molar-refractivity contribution in [2.45, 2.75) is 6.54 Å². The van der Waals surface area contributed by atoms with Gasteiger partial charge in [0, 0.05) is 34.5 Å². The number of allylic oxidation sites excluding steroid dienone is 2. The summed E-state index contributed by atoms with van der Waals surface area (Å²) in [6.07, 6.45) is 0. The highest BCUT2D eigenvalue weighted by Crippen LogP contribution is 2.40. The molecule has 7 nitrogen and oxygen atoms in total. The van der Waals surface area contributed by atoms with E-state index in [1.807, 2.05) is 65.6 Å². The van der Waals surface area contributed by atoms with Crippen molar-refractivity contribution in [1.82, 2.24) is 0 Å². The zero-order valence-electron chi connectivity index (χ0n) is 21.0. The fourth-order valence-corrected chi connectivity index (χ4v) is 4.99. The van der Waals surface area contributed by atoms with Gasteiger partial charge in [0.2, 0.25) is 28.9 Å². The topological polar surface area (TPSA) is 101 Å². The Balaban J connectivity index is 1.49. The van der Waals surface area contributed by atoms with Crippen LogP contribution >= 0.6 is 0 Å². The number of carbonyl (C=O) groups is 4. The van der Waals surface area contributed by atoms with Gasteiger partial charge < -0.3 is 14.7 Å². The zero-order valence-corrected chi connectivity index (χ0v) is 21.0. The molecule has 0 saturated carbocycles. The molecule has 4 aromatic carbocycles. The minimum atomic E-state index is -1.15. The van der Waals surface area contributed by atoms with Gasteiger partial charge in [-0.3, -0.25) is 14.4 Å². The van der Waals surface area contributed by atoms with Crippen LogP contribution in [0.5, 0.6) is 0 Å². The smallest absolute Gasteiger partial charge is 0.350 e. The monoisotopic (exact) mass is 527 g/mol. The summed E-state index contributed by atoms with van der Waals surface area (Å²) in [5, 5.41) is 10.6. The summed E-state index contributed by atoms with van der Waals surface area (Å²) in [5.41, 5.74) is 2.47. The molecule has 0 atom stereocenters. The second-order valence-electron chi connectivity index (χ2n) is 9.28. The van der Waals surface area contributed by atoms with Gasteiger partial charge in [-0.15, -0.1) is 0 Å². The van der Waals surface area contributed by atoms with E-state index in [-0.39, 0.29) is 16.7 Å². The first-order valence-electron chi connectivity index (χ1n) is 12.5. The number of hydrogen-bond donors (Lipinski definition) is 1. The van der Waals surface area contributed by atoms with Crippen molar-refractivity contribution in [1.29, 1.82) is 0 Å². The van der Waals surface area contributed by atoms with E-state index in [0.717, 1.165) is 11.3 Å². The van der Waals surface area contributed by atoms with E-state index in [1.54, 1.807) is 36.4 Å². The third-order valence-corrected chi connectivity index (χ3v) is 6.86. The Bertz CT molecular complexity index is 1770. The molecule has 0 heterocycles. The lowest BCUT2D eigenvalue weighted by Crippen LogP contribution is -2.28. The van der Waals surface area contributed by atoms with Gasteiger partial charge in [0.25, 0.3) is 0 Å². The predicted octanol–water partition coefficient (Wildman–Crippen LogP) is 5.69. The highest BCUT2D eigenvalue weighted by Gasteiger charge is 2.41. The molecule has 0 amide bonds. The number of rotatable bonds is 6. The number of para-hydroxylation sites is 1. The molecule has 194 valence electrons. The molecule has 0 radical (unpaired) electrons.